The zero-order valence-electron chi connectivity index (χ0n) is 14.0. The molecule has 2 aromatic carbocycles. The van der Waals surface area contributed by atoms with Gasteiger partial charge in [-0.15, -0.1) is 11.3 Å². The van der Waals surface area contributed by atoms with Crippen molar-refractivity contribution in [3.63, 3.8) is 0 Å². The van der Waals surface area contributed by atoms with Gasteiger partial charge >= 0.3 is 0 Å². The van der Waals surface area contributed by atoms with Crippen molar-refractivity contribution in [1.29, 1.82) is 5.26 Å². The Bertz CT molecular complexity index is 919. The maximum absolute atomic E-state index is 12.3. The molecule has 0 saturated heterocycles. The third-order valence-electron chi connectivity index (χ3n) is 3.87. The molecule has 0 aliphatic heterocycles. The van der Waals surface area contributed by atoms with E-state index in [4.69, 9.17) is 5.26 Å². The van der Waals surface area contributed by atoms with Crippen molar-refractivity contribution in [2.75, 3.05) is 5.32 Å². The number of benzene rings is 2. The van der Waals surface area contributed by atoms with Crippen LogP contribution >= 0.6 is 11.3 Å². The van der Waals surface area contributed by atoms with E-state index in [1.165, 1.54) is 16.9 Å². The topological polar surface area (TPSA) is 65.8 Å². The second-order valence-electron chi connectivity index (χ2n) is 5.96. The maximum Gasteiger partial charge on any atom is 0.257 e. The number of nitriles is 1. The van der Waals surface area contributed by atoms with Gasteiger partial charge in [-0.2, -0.15) is 5.26 Å². The van der Waals surface area contributed by atoms with Gasteiger partial charge in [-0.05, 0) is 35.7 Å². The number of rotatable bonds is 4. The number of aromatic nitrogens is 1. The van der Waals surface area contributed by atoms with Crippen LogP contribution in [-0.4, -0.2) is 10.9 Å². The predicted octanol–water partition coefficient (Wildman–Crippen LogP) is 5.06. The highest BCUT2D eigenvalue weighted by atomic mass is 32.1. The van der Waals surface area contributed by atoms with Gasteiger partial charge in [0, 0.05) is 16.5 Å². The second-order valence-corrected chi connectivity index (χ2v) is 6.82. The van der Waals surface area contributed by atoms with E-state index < -0.39 is 0 Å². The van der Waals surface area contributed by atoms with Gasteiger partial charge in [0.1, 0.15) is 0 Å². The Kier molecular flexibility index (Phi) is 4.92. The summed E-state index contributed by atoms with van der Waals surface area (Å²) in [5.74, 6) is 0.257. The fraction of sp³-hybridized carbons (Fsp3) is 0.150. The largest absolute Gasteiger partial charge is 0.298 e. The molecule has 0 atom stereocenters. The van der Waals surface area contributed by atoms with Crippen LogP contribution in [0.4, 0.5) is 5.13 Å². The molecule has 1 amide bonds. The fourth-order valence-electron chi connectivity index (χ4n) is 2.37. The van der Waals surface area contributed by atoms with Gasteiger partial charge < -0.3 is 0 Å². The summed E-state index contributed by atoms with van der Waals surface area (Å²) in [7, 11) is 0. The van der Waals surface area contributed by atoms with Crippen molar-refractivity contribution in [3.05, 3.63) is 70.6 Å². The number of thiazole rings is 1. The minimum absolute atomic E-state index is 0.236. The molecule has 25 heavy (non-hydrogen) atoms. The monoisotopic (exact) mass is 347 g/mol. The van der Waals surface area contributed by atoms with Gasteiger partial charge in [0.05, 0.1) is 17.3 Å². The third kappa shape index (κ3) is 3.93. The van der Waals surface area contributed by atoms with Gasteiger partial charge in [-0.25, -0.2) is 4.98 Å². The molecule has 1 aromatic heterocycles. The average molecular weight is 347 g/mol. The summed E-state index contributed by atoms with van der Waals surface area (Å²) < 4.78 is 0. The molecule has 1 N–H and O–H groups in total. The summed E-state index contributed by atoms with van der Waals surface area (Å²) in [6, 6.07) is 16.9. The van der Waals surface area contributed by atoms with Crippen LogP contribution in [0.25, 0.3) is 11.3 Å². The lowest BCUT2D eigenvalue weighted by Crippen LogP contribution is -2.11. The van der Waals surface area contributed by atoms with E-state index in [0.29, 0.717) is 22.2 Å². The number of hydrogen-bond donors (Lipinski definition) is 1. The van der Waals surface area contributed by atoms with Crippen LogP contribution in [-0.2, 0) is 0 Å². The Morgan fingerprint density at radius 1 is 1.12 bits per heavy atom. The Hall–Kier alpha value is -2.97. The number of hydrogen-bond acceptors (Lipinski definition) is 4. The van der Waals surface area contributed by atoms with Gasteiger partial charge in [-0.1, -0.05) is 38.1 Å². The number of nitrogens with one attached hydrogen (secondary N) is 1. The van der Waals surface area contributed by atoms with Crippen LogP contribution in [0, 0.1) is 11.3 Å². The molecule has 4 nitrogen and oxygen atoms in total. The summed E-state index contributed by atoms with van der Waals surface area (Å²) >= 11 is 1.39. The van der Waals surface area contributed by atoms with E-state index in [1.807, 2.05) is 11.4 Å². The minimum Gasteiger partial charge on any atom is -0.298 e. The Labute approximate surface area is 150 Å². The lowest BCUT2D eigenvalue weighted by Gasteiger charge is -2.05. The lowest BCUT2D eigenvalue weighted by molar-refractivity contribution is 0.102. The highest BCUT2D eigenvalue weighted by molar-refractivity contribution is 7.14. The summed E-state index contributed by atoms with van der Waals surface area (Å²) in [5, 5.41) is 14.1. The molecule has 1 heterocycles. The summed E-state index contributed by atoms with van der Waals surface area (Å²) in [6.07, 6.45) is 0. The van der Waals surface area contributed by atoms with Crippen LogP contribution < -0.4 is 5.32 Å². The Morgan fingerprint density at radius 2 is 1.80 bits per heavy atom. The molecule has 3 rings (SSSR count). The van der Waals surface area contributed by atoms with Crippen molar-refractivity contribution in [1.82, 2.24) is 4.98 Å². The highest BCUT2D eigenvalue weighted by Crippen LogP contribution is 2.26. The lowest BCUT2D eigenvalue weighted by atomic mass is 10.0. The molecule has 5 heteroatoms. The first kappa shape index (κ1) is 16.9. The molecule has 124 valence electrons. The maximum atomic E-state index is 12.3. The molecular weight excluding hydrogens is 330 g/mol. The van der Waals surface area contributed by atoms with Crippen molar-refractivity contribution in [3.8, 4) is 17.3 Å². The van der Waals surface area contributed by atoms with E-state index in [1.54, 1.807) is 24.3 Å². The zero-order chi connectivity index (χ0) is 17.8. The van der Waals surface area contributed by atoms with Crippen LogP contribution in [0.2, 0.25) is 0 Å². The molecule has 0 unspecified atom stereocenters. The standard InChI is InChI=1S/C20H17N3OS/c1-13(2)15-7-9-16(10-8-15)18-12-25-20(22-18)23-19(24)17-5-3-14(11-21)4-6-17/h3-10,12-13H,1-2H3,(H,22,23,24). The van der Waals surface area contributed by atoms with Gasteiger partial charge in [-0.3, -0.25) is 10.1 Å². The first-order valence-corrected chi connectivity index (χ1v) is 8.82. The van der Waals surface area contributed by atoms with Gasteiger partial charge in [0.25, 0.3) is 5.91 Å². The van der Waals surface area contributed by atoms with E-state index in [9.17, 15) is 4.79 Å². The van der Waals surface area contributed by atoms with Crippen LogP contribution in [0.15, 0.2) is 53.9 Å². The number of carbonyl (C=O) groups excluding carboxylic acids is 1. The predicted molar refractivity (Wildman–Crippen MR) is 101 cm³/mol. The van der Waals surface area contributed by atoms with E-state index in [0.717, 1.165) is 11.3 Å². The summed E-state index contributed by atoms with van der Waals surface area (Å²) in [4.78, 5) is 16.7. The van der Waals surface area contributed by atoms with Crippen LogP contribution in [0.1, 0.15) is 41.3 Å². The first-order chi connectivity index (χ1) is 12.1. The Balaban J connectivity index is 1.72. The first-order valence-electron chi connectivity index (χ1n) is 7.94. The molecule has 0 aliphatic rings. The fourth-order valence-corrected chi connectivity index (χ4v) is 3.08. The van der Waals surface area contributed by atoms with E-state index in [2.05, 4.69) is 48.4 Å². The minimum atomic E-state index is -0.236. The number of anilines is 1. The smallest absolute Gasteiger partial charge is 0.257 e. The van der Waals surface area contributed by atoms with Crippen molar-refractivity contribution in [2.45, 2.75) is 19.8 Å². The average Bonchev–Trinajstić information content (AvgIpc) is 3.10. The molecular formula is C20H17N3OS. The number of nitrogens with zero attached hydrogens (tertiary/aromatic N) is 2. The quantitative estimate of drug-likeness (QED) is 0.717. The number of amides is 1. The normalized spacial score (nSPS) is 10.5. The third-order valence-corrected chi connectivity index (χ3v) is 4.63. The van der Waals surface area contributed by atoms with Crippen molar-refractivity contribution >= 4 is 22.4 Å². The molecule has 3 aromatic rings. The number of carbonyl (C=O) groups is 1. The molecule has 0 radical (unpaired) electrons. The molecule has 0 saturated carbocycles. The molecule has 0 aliphatic carbocycles. The highest BCUT2D eigenvalue weighted by Gasteiger charge is 2.10. The van der Waals surface area contributed by atoms with Crippen molar-refractivity contribution < 1.29 is 4.79 Å². The molecule has 0 fully saturated rings. The summed E-state index contributed by atoms with van der Waals surface area (Å²) in [5.41, 5.74) is 4.18. The SMILES string of the molecule is CC(C)c1ccc(-c2csc(NC(=O)c3ccc(C#N)cc3)n2)cc1. The zero-order valence-corrected chi connectivity index (χ0v) is 14.8. The van der Waals surface area contributed by atoms with Gasteiger partial charge in [0.2, 0.25) is 0 Å². The van der Waals surface area contributed by atoms with Gasteiger partial charge in [0.15, 0.2) is 5.13 Å². The van der Waals surface area contributed by atoms with E-state index in [-0.39, 0.29) is 5.91 Å². The van der Waals surface area contributed by atoms with Crippen LogP contribution in [0.3, 0.4) is 0 Å². The van der Waals surface area contributed by atoms with Crippen molar-refractivity contribution in [2.24, 2.45) is 0 Å². The molecule has 0 bridgehead atoms. The molecule has 0 spiro atoms. The van der Waals surface area contributed by atoms with E-state index >= 15 is 0 Å². The Morgan fingerprint density at radius 3 is 2.40 bits per heavy atom. The second kappa shape index (κ2) is 7.29. The summed E-state index contributed by atoms with van der Waals surface area (Å²) in [6.45, 7) is 4.32. The van der Waals surface area contributed by atoms with Crippen LogP contribution in [0.5, 0.6) is 0 Å².